The Labute approximate surface area is 299 Å². The second kappa shape index (κ2) is 12.1. The summed E-state index contributed by atoms with van der Waals surface area (Å²) < 4.78 is 8.69. The Bertz CT molecular complexity index is 2880. The van der Waals surface area contributed by atoms with Crippen LogP contribution in [0.5, 0.6) is 0 Å². The Morgan fingerprint density at radius 2 is 1.33 bits per heavy atom. The molecule has 0 radical (unpaired) electrons. The molecule has 10 rings (SSSR count). The first kappa shape index (κ1) is 29.9. The zero-order valence-corrected chi connectivity index (χ0v) is 27.9. The van der Waals surface area contributed by atoms with Gasteiger partial charge in [0.15, 0.2) is 0 Å². The van der Waals surface area contributed by atoms with Gasteiger partial charge < -0.3 is 19.6 Å². The van der Waals surface area contributed by atoms with Crippen LogP contribution in [0.25, 0.3) is 65.9 Å². The number of nitrogens with one attached hydrogen (secondary N) is 1. The fraction of sp³-hybridized carbons (Fsp3) is 0.0435. The van der Waals surface area contributed by atoms with E-state index in [9.17, 15) is 5.26 Å². The Hall–Kier alpha value is -6.94. The summed E-state index contributed by atoms with van der Waals surface area (Å²) in [6, 6.07) is 58.3. The number of hydrogen-bond donors (Lipinski definition) is 1. The molecule has 0 saturated carbocycles. The van der Waals surface area contributed by atoms with Crippen LogP contribution in [0.3, 0.4) is 0 Å². The van der Waals surface area contributed by atoms with Crippen LogP contribution in [0.4, 0.5) is 0 Å². The predicted molar refractivity (Wildman–Crippen MR) is 210 cm³/mol. The zero-order valence-electron chi connectivity index (χ0n) is 27.9. The molecule has 2 aromatic heterocycles. The van der Waals surface area contributed by atoms with Crippen LogP contribution in [-0.2, 0) is 0 Å². The number of rotatable bonds is 5. The van der Waals surface area contributed by atoms with Crippen molar-refractivity contribution in [3.05, 3.63) is 191 Å². The lowest BCUT2D eigenvalue weighted by atomic mass is 10.00. The molecule has 7 aromatic carbocycles. The molecule has 246 valence electrons. The third kappa shape index (κ3) is 4.95. The maximum atomic E-state index is 9.90. The van der Waals surface area contributed by atoms with Crippen LogP contribution >= 0.6 is 0 Å². The van der Waals surface area contributed by atoms with E-state index in [1.54, 1.807) is 0 Å². The minimum Gasteiger partial charge on any atom is -0.613 e. The third-order valence-corrected chi connectivity index (χ3v) is 10.0. The van der Waals surface area contributed by atoms with Crippen LogP contribution in [0.15, 0.2) is 173 Å². The van der Waals surface area contributed by atoms with E-state index in [1.165, 1.54) is 0 Å². The number of hydrogen-bond acceptors (Lipinski definition) is 4. The van der Waals surface area contributed by atoms with Crippen LogP contribution in [0.1, 0.15) is 34.6 Å². The summed E-state index contributed by atoms with van der Waals surface area (Å²) in [5.41, 5.74) is 10.6. The van der Waals surface area contributed by atoms with Crippen molar-refractivity contribution in [2.45, 2.75) is 12.3 Å². The number of benzene rings is 7. The van der Waals surface area contributed by atoms with Gasteiger partial charge in [-0.05, 0) is 77.6 Å². The largest absolute Gasteiger partial charge is 0.613 e. The molecule has 0 aliphatic carbocycles. The molecule has 52 heavy (non-hydrogen) atoms. The number of nitriles is 1. The van der Waals surface area contributed by atoms with E-state index in [4.69, 9.17) is 14.7 Å². The topological polar surface area (TPSA) is 80.3 Å². The number of aliphatic imine (C=N–C) groups is 1. The fourth-order valence-electron chi connectivity index (χ4n) is 7.56. The quantitative estimate of drug-likeness (QED) is 0.198. The van der Waals surface area contributed by atoms with Crippen molar-refractivity contribution in [2.24, 2.45) is 4.99 Å². The molecule has 0 bridgehead atoms. The maximum absolute atomic E-state index is 9.90. The fourth-order valence-corrected chi connectivity index (χ4v) is 7.56. The second-order valence-corrected chi connectivity index (χ2v) is 13.1. The Morgan fingerprint density at radius 1 is 0.615 bits per heavy atom. The molecule has 6 nitrogen and oxygen atoms in total. The lowest BCUT2D eigenvalue weighted by Gasteiger charge is -2.44. The van der Waals surface area contributed by atoms with E-state index in [0.29, 0.717) is 5.56 Å². The van der Waals surface area contributed by atoms with Gasteiger partial charge in [-0.25, -0.2) is 0 Å². The number of furan rings is 1. The first-order chi connectivity index (χ1) is 25.7. The summed E-state index contributed by atoms with van der Waals surface area (Å²) in [6.07, 6.45) is -0.675. The van der Waals surface area contributed by atoms with Crippen molar-refractivity contribution < 1.29 is 4.42 Å². The number of para-hydroxylation sites is 2. The highest BCUT2D eigenvalue weighted by Gasteiger charge is 2.20. The summed E-state index contributed by atoms with van der Waals surface area (Å²) in [5.74, 6) is 0.813. The second-order valence-electron chi connectivity index (χ2n) is 13.1. The third-order valence-electron chi connectivity index (χ3n) is 10.0. The molecule has 1 aliphatic heterocycles. The van der Waals surface area contributed by atoms with Crippen LogP contribution < -0.4 is 5.32 Å². The van der Waals surface area contributed by atoms with Gasteiger partial charge in [-0.15, -0.1) is 0 Å². The van der Waals surface area contributed by atoms with Crippen molar-refractivity contribution in [3.8, 4) is 22.9 Å². The normalized spacial score (nSPS) is 15.9. The first-order valence-electron chi connectivity index (χ1n) is 17.4. The summed E-state index contributed by atoms with van der Waals surface area (Å²) in [5, 5.41) is 22.9. The highest BCUT2D eigenvalue weighted by molar-refractivity contribution is 6.13. The summed E-state index contributed by atoms with van der Waals surface area (Å²) in [6.45, 7) is 0. The Morgan fingerprint density at radius 3 is 2.17 bits per heavy atom. The van der Waals surface area contributed by atoms with E-state index in [1.807, 2.05) is 72.8 Å². The predicted octanol–water partition coefficient (Wildman–Crippen LogP) is 11.3. The van der Waals surface area contributed by atoms with Crippen molar-refractivity contribution >= 4 is 49.6 Å². The minimum atomic E-state index is -0.421. The summed E-state index contributed by atoms with van der Waals surface area (Å²) in [4.78, 5) is 5.14. The van der Waals surface area contributed by atoms with Gasteiger partial charge in [-0.2, -0.15) is 5.26 Å². The average molecular weight is 669 g/mol. The van der Waals surface area contributed by atoms with Crippen molar-refractivity contribution in [1.29, 1.82) is 5.26 Å². The molecule has 2 unspecified atom stereocenters. The average Bonchev–Trinajstić information content (AvgIpc) is 3.76. The van der Waals surface area contributed by atoms with Gasteiger partial charge >= 0.3 is 0 Å². The van der Waals surface area contributed by atoms with Crippen LogP contribution in [0, 0.1) is 11.3 Å². The number of fused-ring (bicyclic) bond motifs is 6. The molecule has 3 heterocycles. The van der Waals surface area contributed by atoms with E-state index in [2.05, 4.69) is 107 Å². The zero-order chi connectivity index (χ0) is 34.6. The summed E-state index contributed by atoms with van der Waals surface area (Å²) in [7, 11) is 0. The molecule has 0 amide bonds. The van der Waals surface area contributed by atoms with E-state index >= 15 is 0 Å². The Balaban J connectivity index is 1.12. The molecule has 2 atom stereocenters. The van der Waals surface area contributed by atoms with Gasteiger partial charge in [-0.1, -0.05) is 115 Å². The van der Waals surface area contributed by atoms with Crippen molar-refractivity contribution in [3.63, 3.8) is 0 Å². The molecule has 0 fully saturated rings. The van der Waals surface area contributed by atoms with Gasteiger partial charge in [0.2, 0.25) is 0 Å². The molecule has 1 aliphatic rings. The van der Waals surface area contributed by atoms with Gasteiger partial charge in [-0.3, -0.25) is 4.99 Å². The molecule has 0 spiro atoms. The Kier molecular flexibility index (Phi) is 6.98. The molecular formula is C46H30N5O-. The number of nitrogens with zero attached hydrogens (tertiary/aromatic N) is 4. The number of aromatic nitrogens is 1. The molecule has 6 heteroatoms. The van der Waals surface area contributed by atoms with Crippen LogP contribution in [0.2, 0.25) is 0 Å². The van der Waals surface area contributed by atoms with E-state index in [-0.39, 0.29) is 6.17 Å². The molecular weight excluding hydrogens is 639 g/mol. The maximum Gasteiger partial charge on any atom is 0.143 e. The highest BCUT2D eigenvalue weighted by Crippen LogP contribution is 2.41. The molecule has 0 saturated heterocycles. The number of amidine groups is 1. The smallest absolute Gasteiger partial charge is 0.143 e. The lowest BCUT2D eigenvalue weighted by Crippen LogP contribution is -2.33. The first-order valence-corrected chi connectivity index (χ1v) is 17.4. The van der Waals surface area contributed by atoms with Gasteiger partial charge in [0.05, 0.1) is 22.7 Å². The monoisotopic (exact) mass is 668 g/mol. The summed E-state index contributed by atoms with van der Waals surface area (Å²) >= 11 is 0. The molecule has 9 aromatic rings. The molecule has 1 N–H and O–H groups in total. The van der Waals surface area contributed by atoms with Crippen molar-refractivity contribution in [1.82, 2.24) is 9.88 Å². The van der Waals surface area contributed by atoms with Crippen molar-refractivity contribution in [2.75, 3.05) is 0 Å². The van der Waals surface area contributed by atoms with E-state index in [0.717, 1.165) is 83.1 Å². The highest BCUT2D eigenvalue weighted by atomic mass is 16.3. The standard InChI is InChI=1S/C46H30N5O/c47-28-29-21-23-40-38(25-29)39-27-32(35-18-10-19-37-36-17-7-8-20-42(36)52-43(35)37)22-24-41(39)51(40)34-16-9-15-33(26-34)46-49-44(30-11-3-1-4-12-30)48-45(50-46)31-13-5-2-6-14-31/h1-27,44,46H,(H,48,50)/q-1. The SMILES string of the molecule is N#Cc1ccc2c(c1)c1cc(-c3cccc4c3oc3ccccc34)ccc1n2-c1cccc(C2N=C(c3ccccc3)NC(c3ccccc3)[N-]2)c1. The van der Waals surface area contributed by atoms with Crippen LogP contribution in [-0.4, -0.2) is 10.4 Å². The van der Waals surface area contributed by atoms with Gasteiger partial charge in [0, 0.05) is 38.4 Å². The lowest BCUT2D eigenvalue weighted by molar-refractivity contribution is 0.631. The van der Waals surface area contributed by atoms with Gasteiger partial charge in [0.1, 0.15) is 17.0 Å². The minimum absolute atomic E-state index is 0.255. The van der Waals surface area contributed by atoms with Gasteiger partial charge in [0.25, 0.3) is 0 Å². The van der Waals surface area contributed by atoms with E-state index < -0.39 is 6.17 Å².